The second-order valence-corrected chi connectivity index (χ2v) is 5.72. The van der Waals surface area contributed by atoms with Crippen LogP contribution < -0.4 is 0 Å². The van der Waals surface area contributed by atoms with Crippen LogP contribution in [0.3, 0.4) is 0 Å². The van der Waals surface area contributed by atoms with Gasteiger partial charge in [-0.25, -0.2) is 9.59 Å². The summed E-state index contributed by atoms with van der Waals surface area (Å²) in [5, 5.41) is 9.07. The number of hydrogen-bond acceptors (Lipinski definition) is 3. The normalized spacial score (nSPS) is 22.9. The van der Waals surface area contributed by atoms with Crippen molar-refractivity contribution < 1.29 is 14.7 Å². The van der Waals surface area contributed by atoms with Gasteiger partial charge < -0.3 is 10.0 Å². The average molecular weight is 270 g/mol. The van der Waals surface area contributed by atoms with E-state index in [1.165, 1.54) is 21.6 Å². The molecular weight excluding hydrogens is 252 g/mol. The van der Waals surface area contributed by atoms with E-state index in [4.69, 9.17) is 6.42 Å². The van der Waals surface area contributed by atoms with Crippen molar-refractivity contribution >= 4 is 23.8 Å². The lowest BCUT2D eigenvalue weighted by atomic mass is 10.1. The van der Waals surface area contributed by atoms with Crippen LogP contribution in [-0.2, 0) is 4.79 Å². The summed E-state index contributed by atoms with van der Waals surface area (Å²) in [6.07, 6.45) is 5.17. The molecule has 100 valence electrons. The van der Waals surface area contributed by atoms with Crippen molar-refractivity contribution in [2.45, 2.75) is 25.3 Å². The van der Waals surface area contributed by atoms with E-state index in [2.05, 4.69) is 5.92 Å². The molecule has 0 spiro atoms. The van der Waals surface area contributed by atoms with E-state index in [9.17, 15) is 14.7 Å². The first-order valence-electron chi connectivity index (χ1n) is 5.71. The van der Waals surface area contributed by atoms with E-state index < -0.39 is 12.0 Å². The Morgan fingerprint density at radius 2 is 2.22 bits per heavy atom. The topological polar surface area (TPSA) is 60.9 Å². The van der Waals surface area contributed by atoms with Crippen LogP contribution in [0.4, 0.5) is 4.79 Å². The first-order valence-corrected chi connectivity index (χ1v) is 6.76. The van der Waals surface area contributed by atoms with E-state index in [0.717, 1.165) is 0 Å². The van der Waals surface area contributed by atoms with Crippen molar-refractivity contribution in [1.82, 2.24) is 9.80 Å². The number of carboxylic acids is 1. The number of amides is 2. The molecule has 0 aromatic rings. The highest BCUT2D eigenvalue weighted by Gasteiger charge is 2.43. The molecule has 0 bridgehead atoms. The fraction of sp³-hybridized carbons (Fsp3) is 0.667. The van der Waals surface area contributed by atoms with Crippen LogP contribution >= 0.6 is 11.8 Å². The molecule has 1 aliphatic heterocycles. The highest BCUT2D eigenvalue weighted by Crippen LogP contribution is 2.34. The minimum Gasteiger partial charge on any atom is -0.480 e. The van der Waals surface area contributed by atoms with E-state index in [1.807, 2.05) is 13.8 Å². The highest BCUT2D eigenvalue weighted by molar-refractivity contribution is 8.00. The Morgan fingerprint density at radius 3 is 2.67 bits per heavy atom. The molecule has 2 atom stereocenters. The van der Waals surface area contributed by atoms with Gasteiger partial charge in [0, 0.05) is 12.8 Å². The number of nitrogens with zero attached hydrogens (tertiary/aromatic N) is 2. The number of rotatable bonds is 3. The molecule has 0 aromatic carbocycles. The zero-order chi connectivity index (χ0) is 13.9. The fourth-order valence-corrected chi connectivity index (χ4v) is 3.34. The number of carbonyl (C=O) groups is 2. The lowest BCUT2D eigenvalue weighted by Gasteiger charge is -2.32. The third-order valence-corrected chi connectivity index (χ3v) is 4.39. The molecule has 1 heterocycles. The molecule has 5 nitrogen and oxygen atoms in total. The molecule has 18 heavy (non-hydrogen) atoms. The Morgan fingerprint density at radius 1 is 1.61 bits per heavy atom. The smallest absolute Gasteiger partial charge is 0.327 e. The Bertz CT molecular complexity index is 378. The molecule has 1 aliphatic rings. The number of carbonyl (C=O) groups excluding carboxylic acids is 1. The second-order valence-electron chi connectivity index (χ2n) is 4.57. The van der Waals surface area contributed by atoms with Gasteiger partial charge in [0.25, 0.3) is 0 Å². The molecule has 0 aliphatic carbocycles. The number of hydrogen-bond donors (Lipinski definition) is 1. The fourth-order valence-electron chi connectivity index (χ4n) is 1.88. The van der Waals surface area contributed by atoms with Gasteiger partial charge in [-0.2, -0.15) is 0 Å². The van der Waals surface area contributed by atoms with Gasteiger partial charge in [0.1, 0.15) is 6.04 Å². The number of thioether (sulfide) groups is 1. The standard InChI is InChI=1S/C12H18N2O3S/c1-5-6-13(4)12(17)14-9(11(15)16)7-18-10(14)8(2)3/h1,8-10H,6-7H2,2-4H3,(H,15,16). The van der Waals surface area contributed by atoms with E-state index >= 15 is 0 Å². The van der Waals surface area contributed by atoms with Crippen molar-refractivity contribution in [2.24, 2.45) is 5.92 Å². The molecule has 0 saturated carbocycles. The maximum Gasteiger partial charge on any atom is 0.327 e. The summed E-state index contributed by atoms with van der Waals surface area (Å²) in [4.78, 5) is 26.3. The Balaban J connectivity index is 2.93. The molecule has 1 fully saturated rings. The number of terminal acetylenes is 1. The molecule has 0 radical (unpaired) electrons. The van der Waals surface area contributed by atoms with Crippen molar-refractivity contribution in [2.75, 3.05) is 19.3 Å². The van der Waals surface area contributed by atoms with Gasteiger partial charge in [-0.05, 0) is 5.92 Å². The van der Waals surface area contributed by atoms with Crippen molar-refractivity contribution in [3.63, 3.8) is 0 Å². The zero-order valence-electron chi connectivity index (χ0n) is 10.8. The van der Waals surface area contributed by atoms with Crippen molar-refractivity contribution in [1.29, 1.82) is 0 Å². The summed E-state index contributed by atoms with van der Waals surface area (Å²) >= 11 is 1.50. The first kappa shape index (κ1) is 14.7. The van der Waals surface area contributed by atoms with Gasteiger partial charge in [0.15, 0.2) is 0 Å². The summed E-state index contributed by atoms with van der Waals surface area (Å²) in [7, 11) is 1.58. The van der Waals surface area contributed by atoms with Crippen LogP contribution in [0.15, 0.2) is 0 Å². The summed E-state index contributed by atoms with van der Waals surface area (Å²) in [5.74, 6) is 2.04. The van der Waals surface area contributed by atoms with Crippen LogP contribution in [-0.4, -0.2) is 57.7 Å². The monoisotopic (exact) mass is 270 g/mol. The quantitative estimate of drug-likeness (QED) is 0.782. The highest BCUT2D eigenvalue weighted by atomic mass is 32.2. The minimum atomic E-state index is -0.965. The predicted molar refractivity (Wildman–Crippen MR) is 71.2 cm³/mol. The Kier molecular flexibility index (Phi) is 4.91. The summed E-state index contributed by atoms with van der Waals surface area (Å²) in [6.45, 7) is 4.13. The van der Waals surface area contributed by atoms with E-state index in [1.54, 1.807) is 7.05 Å². The Hall–Kier alpha value is -1.35. The number of urea groups is 1. The number of carboxylic acid groups (broad SMARTS) is 1. The summed E-state index contributed by atoms with van der Waals surface area (Å²) in [6, 6.07) is -1.08. The van der Waals surface area contributed by atoms with Crippen molar-refractivity contribution in [3.8, 4) is 12.3 Å². The van der Waals surface area contributed by atoms with E-state index in [0.29, 0.717) is 5.75 Å². The van der Waals surface area contributed by atoms with Gasteiger partial charge in [0.05, 0.1) is 11.9 Å². The SMILES string of the molecule is C#CCN(C)C(=O)N1C(C(=O)O)CSC1C(C)C. The van der Waals surface area contributed by atoms with Crippen LogP contribution in [0, 0.1) is 18.3 Å². The van der Waals surface area contributed by atoms with Crippen LogP contribution in [0.25, 0.3) is 0 Å². The maximum absolute atomic E-state index is 12.2. The van der Waals surface area contributed by atoms with Crippen molar-refractivity contribution in [3.05, 3.63) is 0 Å². The average Bonchev–Trinajstić information content (AvgIpc) is 2.72. The molecule has 0 aromatic heterocycles. The molecule has 2 amide bonds. The summed E-state index contributed by atoms with van der Waals surface area (Å²) in [5.41, 5.74) is 0. The largest absolute Gasteiger partial charge is 0.480 e. The summed E-state index contributed by atoms with van der Waals surface area (Å²) < 4.78 is 0. The molecule has 1 N–H and O–H groups in total. The van der Waals surface area contributed by atoms with Crippen LogP contribution in [0.1, 0.15) is 13.8 Å². The number of aliphatic carboxylic acids is 1. The van der Waals surface area contributed by atoms with Crippen LogP contribution in [0.5, 0.6) is 0 Å². The molecular formula is C12H18N2O3S. The van der Waals surface area contributed by atoms with Gasteiger partial charge in [-0.1, -0.05) is 19.8 Å². The molecule has 6 heteroatoms. The van der Waals surface area contributed by atoms with Gasteiger partial charge in [0.2, 0.25) is 0 Å². The lowest BCUT2D eigenvalue weighted by molar-refractivity contribution is -0.141. The van der Waals surface area contributed by atoms with Gasteiger partial charge in [-0.3, -0.25) is 4.90 Å². The third kappa shape index (κ3) is 2.91. The third-order valence-electron chi connectivity index (χ3n) is 2.77. The van der Waals surface area contributed by atoms with Gasteiger partial charge >= 0.3 is 12.0 Å². The minimum absolute atomic E-state index is 0.112. The molecule has 1 saturated heterocycles. The zero-order valence-corrected chi connectivity index (χ0v) is 11.6. The van der Waals surface area contributed by atoms with E-state index in [-0.39, 0.29) is 23.9 Å². The molecule has 2 unspecified atom stereocenters. The second kappa shape index (κ2) is 6.01. The predicted octanol–water partition coefficient (Wildman–Crippen LogP) is 1.16. The first-order chi connectivity index (χ1) is 8.40. The lowest BCUT2D eigenvalue weighted by Crippen LogP contribution is -2.51. The van der Waals surface area contributed by atoms with Gasteiger partial charge in [-0.15, -0.1) is 18.2 Å². The Labute approximate surface area is 112 Å². The van der Waals surface area contributed by atoms with Crippen LogP contribution in [0.2, 0.25) is 0 Å². The maximum atomic E-state index is 12.2. The molecule has 1 rings (SSSR count).